The van der Waals surface area contributed by atoms with Gasteiger partial charge in [0, 0.05) is 6.20 Å². The van der Waals surface area contributed by atoms with E-state index in [4.69, 9.17) is 4.74 Å². The van der Waals surface area contributed by atoms with Gasteiger partial charge in [-0.2, -0.15) is 0 Å². The van der Waals surface area contributed by atoms with Crippen molar-refractivity contribution in [2.75, 3.05) is 13.1 Å². The third-order valence-electron chi connectivity index (χ3n) is 2.98. The highest BCUT2D eigenvalue weighted by Crippen LogP contribution is 2.27. The lowest BCUT2D eigenvalue weighted by Gasteiger charge is -2.34. The fraction of sp³-hybridized carbons (Fsp3) is 0.583. The summed E-state index contributed by atoms with van der Waals surface area (Å²) in [6.45, 7) is 6.24. The summed E-state index contributed by atoms with van der Waals surface area (Å²) >= 11 is 0. The highest BCUT2D eigenvalue weighted by atomic mass is 16.5. The second-order valence-electron chi connectivity index (χ2n) is 4.39. The lowest BCUT2D eigenvalue weighted by molar-refractivity contribution is 0.0544. The van der Waals surface area contributed by atoms with Gasteiger partial charge in [-0.15, -0.1) is 0 Å². The molecule has 0 amide bonds. The van der Waals surface area contributed by atoms with Crippen LogP contribution in [0.25, 0.3) is 0 Å². The topological polar surface area (TPSA) is 34.1 Å². The van der Waals surface area contributed by atoms with Crippen LogP contribution in [0.15, 0.2) is 18.3 Å². The van der Waals surface area contributed by atoms with E-state index in [1.807, 2.05) is 19.1 Å². The van der Waals surface area contributed by atoms with Crippen molar-refractivity contribution in [3.63, 3.8) is 0 Å². The van der Waals surface area contributed by atoms with Gasteiger partial charge in [0.05, 0.1) is 5.69 Å². The van der Waals surface area contributed by atoms with E-state index in [0.717, 1.165) is 37.4 Å². The van der Waals surface area contributed by atoms with E-state index < -0.39 is 0 Å². The molecule has 1 aliphatic rings. The molecule has 2 heterocycles. The SMILES string of the molecule is Cc1ncccc1OC1(C)CCNCC1. The molecule has 15 heavy (non-hydrogen) atoms. The number of nitrogens with zero attached hydrogens (tertiary/aromatic N) is 1. The predicted molar refractivity (Wildman–Crippen MR) is 60.1 cm³/mol. The number of hydrogen-bond donors (Lipinski definition) is 1. The standard InChI is InChI=1S/C12H18N2O/c1-10-11(4-3-7-14-10)15-12(2)5-8-13-9-6-12/h3-4,7,13H,5-6,8-9H2,1-2H3. The molecule has 0 aliphatic carbocycles. The van der Waals surface area contributed by atoms with Crippen molar-refractivity contribution >= 4 is 0 Å². The Morgan fingerprint density at radius 3 is 2.80 bits per heavy atom. The molecule has 0 saturated carbocycles. The van der Waals surface area contributed by atoms with Gasteiger partial charge in [-0.25, -0.2) is 0 Å². The zero-order valence-corrected chi connectivity index (χ0v) is 9.42. The summed E-state index contributed by atoms with van der Waals surface area (Å²) in [6.07, 6.45) is 3.91. The summed E-state index contributed by atoms with van der Waals surface area (Å²) in [5.74, 6) is 0.918. The largest absolute Gasteiger partial charge is 0.486 e. The Labute approximate surface area is 90.9 Å². The molecule has 1 saturated heterocycles. The Kier molecular flexibility index (Phi) is 2.91. The first-order chi connectivity index (χ1) is 7.20. The maximum absolute atomic E-state index is 6.07. The van der Waals surface area contributed by atoms with E-state index in [0.29, 0.717) is 0 Å². The van der Waals surface area contributed by atoms with E-state index in [9.17, 15) is 0 Å². The quantitative estimate of drug-likeness (QED) is 0.802. The summed E-state index contributed by atoms with van der Waals surface area (Å²) in [4.78, 5) is 4.24. The van der Waals surface area contributed by atoms with Gasteiger partial charge in [0.1, 0.15) is 11.4 Å². The maximum atomic E-state index is 6.07. The molecule has 0 bridgehead atoms. The molecule has 1 aromatic heterocycles. The van der Waals surface area contributed by atoms with Crippen molar-refractivity contribution < 1.29 is 4.74 Å². The van der Waals surface area contributed by atoms with Crippen LogP contribution in [0.1, 0.15) is 25.5 Å². The molecule has 1 N–H and O–H groups in total. The highest BCUT2D eigenvalue weighted by molar-refractivity contribution is 5.26. The number of aromatic nitrogens is 1. The molecule has 0 spiro atoms. The van der Waals surface area contributed by atoms with Crippen molar-refractivity contribution in [1.82, 2.24) is 10.3 Å². The normalized spacial score (nSPS) is 19.9. The smallest absolute Gasteiger partial charge is 0.141 e. The van der Waals surface area contributed by atoms with Crippen molar-refractivity contribution in [3.05, 3.63) is 24.0 Å². The Morgan fingerprint density at radius 1 is 1.40 bits per heavy atom. The second kappa shape index (κ2) is 4.19. The number of aryl methyl sites for hydroxylation is 1. The molecule has 0 radical (unpaired) electrons. The lowest BCUT2D eigenvalue weighted by atomic mass is 9.94. The van der Waals surface area contributed by atoms with Crippen LogP contribution in [0.3, 0.4) is 0 Å². The molecule has 0 atom stereocenters. The third-order valence-corrected chi connectivity index (χ3v) is 2.98. The zero-order valence-electron chi connectivity index (χ0n) is 9.42. The van der Waals surface area contributed by atoms with E-state index in [-0.39, 0.29) is 5.60 Å². The molecular weight excluding hydrogens is 188 g/mol. The molecule has 1 fully saturated rings. The molecular formula is C12H18N2O. The lowest BCUT2D eigenvalue weighted by Crippen LogP contribution is -2.43. The molecule has 1 aliphatic heterocycles. The number of piperidine rings is 1. The van der Waals surface area contributed by atoms with Gasteiger partial charge >= 0.3 is 0 Å². The fourth-order valence-electron chi connectivity index (χ4n) is 1.90. The van der Waals surface area contributed by atoms with E-state index in [1.54, 1.807) is 6.20 Å². The summed E-state index contributed by atoms with van der Waals surface area (Å²) in [5, 5.41) is 3.34. The van der Waals surface area contributed by atoms with Crippen LogP contribution in [-0.4, -0.2) is 23.7 Å². The van der Waals surface area contributed by atoms with Crippen molar-refractivity contribution in [2.45, 2.75) is 32.3 Å². The van der Waals surface area contributed by atoms with Crippen LogP contribution in [0.5, 0.6) is 5.75 Å². The van der Waals surface area contributed by atoms with Crippen molar-refractivity contribution in [1.29, 1.82) is 0 Å². The van der Waals surface area contributed by atoms with E-state index in [1.165, 1.54) is 0 Å². The first-order valence-corrected chi connectivity index (χ1v) is 5.51. The molecule has 0 aromatic carbocycles. The monoisotopic (exact) mass is 206 g/mol. The fourth-order valence-corrected chi connectivity index (χ4v) is 1.90. The average Bonchev–Trinajstić information content (AvgIpc) is 2.22. The maximum Gasteiger partial charge on any atom is 0.141 e. The minimum absolute atomic E-state index is 0.0287. The van der Waals surface area contributed by atoms with Crippen LogP contribution < -0.4 is 10.1 Å². The minimum atomic E-state index is -0.0287. The van der Waals surface area contributed by atoms with Gasteiger partial charge in [-0.05, 0) is 51.9 Å². The molecule has 3 heteroatoms. The van der Waals surface area contributed by atoms with Gasteiger partial charge in [0.25, 0.3) is 0 Å². The average molecular weight is 206 g/mol. The first kappa shape index (κ1) is 10.4. The number of ether oxygens (including phenoxy) is 1. The van der Waals surface area contributed by atoms with Gasteiger partial charge in [-0.3, -0.25) is 4.98 Å². The number of nitrogens with one attached hydrogen (secondary N) is 1. The second-order valence-corrected chi connectivity index (χ2v) is 4.39. The molecule has 2 rings (SSSR count). The number of pyridine rings is 1. The molecule has 3 nitrogen and oxygen atoms in total. The predicted octanol–water partition coefficient (Wildman–Crippen LogP) is 1.91. The summed E-state index contributed by atoms with van der Waals surface area (Å²) in [6, 6.07) is 3.92. The van der Waals surface area contributed by atoms with E-state index in [2.05, 4.69) is 17.2 Å². The Balaban J connectivity index is 2.10. The molecule has 1 aromatic rings. The molecule has 82 valence electrons. The van der Waals surface area contributed by atoms with Crippen molar-refractivity contribution in [3.8, 4) is 5.75 Å². The number of rotatable bonds is 2. The molecule has 0 unspecified atom stereocenters. The minimum Gasteiger partial charge on any atom is -0.486 e. The summed E-state index contributed by atoms with van der Waals surface area (Å²) in [5.41, 5.74) is 0.941. The van der Waals surface area contributed by atoms with Crippen LogP contribution in [0, 0.1) is 6.92 Å². The van der Waals surface area contributed by atoms with Crippen LogP contribution >= 0.6 is 0 Å². The summed E-state index contributed by atoms with van der Waals surface area (Å²) in [7, 11) is 0. The first-order valence-electron chi connectivity index (χ1n) is 5.51. The van der Waals surface area contributed by atoms with Gasteiger partial charge < -0.3 is 10.1 Å². The van der Waals surface area contributed by atoms with Crippen LogP contribution in [-0.2, 0) is 0 Å². The van der Waals surface area contributed by atoms with E-state index >= 15 is 0 Å². The Bertz CT molecular complexity index is 332. The van der Waals surface area contributed by atoms with Gasteiger partial charge in [0.15, 0.2) is 0 Å². The van der Waals surface area contributed by atoms with Crippen LogP contribution in [0.4, 0.5) is 0 Å². The zero-order chi connectivity index (χ0) is 10.7. The Morgan fingerprint density at radius 2 is 2.13 bits per heavy atom. The summed E-state index contributed by atoms with van der Waals surface area (Å²) < 4.78 is 6.07. The third kappa shape index (κ3) is 2.48. The van der Waals surface area contributed by atoms with Crippen molar-refractivity contribution in [2.24, 2.45) is 0 Å². The number of hydrogen-bond acceptors (Lipinski definition) is 3. The Hall–Kier alpha value is -1.09. The van der Waals surface area contributed by atoms with Gasteiger partial charge in [0.2, 0.25) is 0 Å². The highest BCUT2D eigenvalue weighted by Gasteiger charge is 2.29. The van der Waals surface area contributed by atoms with Gasteiger partial charge in [-0.1, -0.05) is 0 Å². The van der Waals surface area contributed by atoms with Crippen LogP contribution in [0.2, 0.25) is 0 Å².